The molecule has 2 N–H and O–H groups in total. The topological polar surface area (TPSA) is 41.1 Å². The van der Waals surface area contributed by atoms with Crippen molar-refractivity contribution >= 4 is 6.03 Å². The molecule has 0 heterocycles. The van der Waals surface area contributed by atoms with Crippen LogP contribution in [0.3, 0.4) is 0 Å². The Morgan fingerprint density at radius 3 is 2.45 bits per heavy atom. The molecule has 4 heteroatoms. The zero-order valence-corrected chi connectivity index (χ0v) is 7.20. The first-order chi connectivity index (χ1) is 5.02. The molecule has 66 valence electrons. The molecule has 0 aliphatic carbocycles. The maximum absolute atomic E-state index is 12.1. The summed E-state index contributed by atoms with van der Waals surface area (Å²) in [4.78, 5) is 10.8. The standard InChI is InChI=1S/C7H15FN2O/c1-4-9-6(11)10-7(2,3)5-8/h4-5H2,1-3H3,(H2,9,10,11). The van der Waals surface area contributed by atoms with Gasteiger partial charge >= 0.3 is 6.03 Å². The Kier molecular flexibility index (Phi) is 3.85. The number of halogens is 1. The van der Waals surface area contributed by atoms with Crippen LogP contribution in [0, 0.1) is 0 Å². The number of carbonyl (C=O) groups is 1. The second-order valence-corrected chi connectivity index (χ2v) is 3.00. The van der Waals surface area contributed by atoms with Crippen LogP contribution in [0.4, 0.5) is 9.18 Å². The van der Waals surface area contributed by atoms with Crippen molar-refractivity contribution in [2.24, 2.45) is 0 Å². The van der Waals surface area contributed by atoms with Crippen LogP contribution < -0.4 is 10.6 Å². The van der Waals surface area contributed by atoms with Crippen molar-refractivity contribution < 1.29 is 9.18 Å². The van der Waals surface area contributed by atoms with Crippen LogP contribution >= 0.6 is 0 Å². The molecule has 0 atom stereocenters. The molecule has 0 fully saturated rings. The molecule has 0 aliphatic heterocycles. The highest BCUT2D eigenvalue weighted by Gasteiger charge is 2.19. The highest BCUT2D eigenvalue weighted by molar-refractivity contribution is 5.74. The van der Waals surface area contributed by atoms with Gasteiger partial charge in [0, 0.05) is 6.54 Å². The van der Waals surface area contributed by atoms with Gasteiger partial charge in [0.15, 0.2) is 0 Å². The van der Waals surface area contributed by atoms with Crippen molar-refractivity contribution in [1.29, 1.82) is 0 Å². The minimum atomic E-state index is -0.765. The number of carbonyl (C=O) groups excluding carboxylic acids is 1. The van der Waals surface area contributed by atoms with E-state index in [9.17, 15) is 9.18 Å². The molecule has 0 aromatic heterocycles. The zero-order valence-electron chi connectivity index (χ0n) is 7.20. The fourth-order valence-electron chi connectivity index (χ4n) is 0.545. The number of rotatable bonds is 3. The minimum absolute atomic E-state index is 0.324. The molecule has 11 heavy (non-hydrogen) atoms. The van der Waals surface area contributed by atoms with Crippen molar-refractivity contribution in [1.82, 2.24) is 10.6 Å². The van der Waals surface area contributed by atoms with E-state index < -0.39 is 12.2 Å². The summed E-state index contributed by atoms with van der Waals surface area (Å²) >= 11 is 0. The van der Waals surface area contributed by atoms with Crippen LogP contribution in [-0.4, -0.2) is 24.8 Å². The van der Waals surface area contributed by atoms with E-state index in [-0.39, 0.29) is 6.03 Å². The van der Waals surface area contributed by atoms with Gasteiger partial charge in [0.25, 0.3) is 0 Å². The first-order valence-electron chi connectivity index (χ1n) is 3.64. The van der Waals surface area contributed by atoms with Crippen LogP contribution in [0.25, 0.3) is 0 Å². The molecule has 0 radical (unpaired) electrons. The normalized spacial score (nSPS) is 10.9. The molecule has 0 rings (SSSR count). The van der Waals surface area contributed by atoms with E-state index in [4.69, 9.17) is 0 Å². The molecule has 0 unspecified atom stereocenters. The summed E-state index contributed by atoms with van der Waals surface area (Å²) in [5.74, 6) is 0. The van der Waals surface area contributed by atoms with Gasteiger partial charge in [0.1, 0.15) is 6.67 Å². The fourth-order valence-corrected chi connectivity index (χ4v) is 0.545. The molecule has 0 saturated heterocycles. The van der Waals surface area contributed by atoms with Crippen LogP contribution in [0.1, 0.15) is 20.8 Å². The summed E-state index contributed by atoms with van der Waals surface area (Å²) in [7, 11) is 0. The van der Waals surface area contributed by atoms with E-state index >= 15 is 0 Å². The summed E-state index contributed by atoms with van der Waals surface area (Å²) in [6.45, 7) is 5.05. The van der Waals surface area contributed by atoms with E-state index in [2.05, 4.69) is 10.6 Å². The minimum Gasteiger partial charge on any atom is -0.338 e. The van der Waals surface area contributed by atoms with Gasteiger partial charge in [-0.1, -0.05) is 0 Å². The molecule has 0 aromatic carbocycles. The third-order valence-corrected chi connectivity index (χ3v) is 1.12. The summed E-state index contributed by atoms with van der Waals surface area (Å²) in [5, 5.41) is 5.00. The summed E-state index contributed by atoms with van der Waals surface area (Å²) in [6.07, 6.45) is 0. The van der Waals surface area contributed by atoms with Crippen molar-refractivity contribution in [3.05, 3.63) is 0 Å². The quantitative estimate of drug-likeness (QED) is 0.640. The maximum Gasteiger partial charge on any atom is 0.315 e. The molecule has 0 spiro atoms. The molecule has 0 aromatic rings. The second-order valence-electron chi connectivity index (χ2n) is 3.00. The van der Waals surface area contributed by atoms with Gasteiger partial charge in [-0.15, -0.1) is 0 Å². The smallest absolute Gasteiger partial charge is 0.315 e. The van der Waals surface area contributed by atoms with Crippen molar-refractivity contribution in [2.75, 3.05) is 13.2 Å². The number of alkyl halides is 1. The number of nitrogens with one attached hydrogen (secondary N) is 2. The van der Waals surface area contributed by atoms with E-state index in [0.29, 0.717) is 6.54 Å². The monoisotopic (exact) mass is 162 g/mol. The molecular weight excluding hydrogens is 147 g/mol. The van der Waals surface area contributed by atoms with Gasteiger partial charge in [0.2, 0.25) is 0 Å². The Hall–Kier alpha value is -0.800. The highest BCUT2D eigenvalue weighted by Crippen LogP contribution is 2.01. The van der Waals surface area contributed by atoms with Crippen LogP contribution in [0.5, 0.6) is 0 Å². The lowest BCUT2D eigenvalue weighted by molar-refractivity contribution is 0.221. The molecule has 2 amide bonds. The second kappa shape index (κ2) is 4.16. The molecule has 0 aliphatic rings. The summed E-state index contributed by atoms with van der Waals surface area (Å²) in [5.41, 5.74) is -0.765. The zero-order chi connectivity index (χ0) is 8.91. The van der Waals surface area contributed by atoms with E-state index in [1.54, 1.807) is 13.8 Å². The van der Waals surface area contributed by atoms with Crippen LogP contribution in [-0.2, 0) is 0 Å². The van der Waals surface area contributed by atoms with Crippen molar-refractivity contribution in [3.8, 4) is 0 Å². The summed E-state index contributed by atoms with van der Waals surface area (Å²) < 4.78 is 12.1. The lowest BCUT2D eigenvalue weighted by atomic mass is 10.1. The Morgan fingerprint density at radius 1 is 1.55 bits per heavy atom. The lowest BCUT2D eigenvalue weighted by Crippen LogP contribution is -2.49. The number of hydrogen-bond acceptors (Lipinski definition) is 1. The lowest BCUT2D eigenvalue weighted by Gasteiger charge is -2.22. The van der Waals surface area contributed by atoms with Gasteiger partial charge < -0.3 is 10.6 Å². The fraction of sp³-hybridized carbons (Fsp3) is 0.857. The first-order valence-corrected chi connectivity index (χ1v) is 3.64. The van der Waals surface area contributed by atoms with E-state index in [1.165, 1.54) is 0 Å². The average molecular weight is 162 g/mol. The van der Waals surface area contributed by atoms with Gasteiger partial charge in [-0.25, -0.2) is 9.18 Å². The predicted molar refractivity (Wildman–Crippen MR) is 42.3 cm³/mol. The van der Waals surface area contributed by atoms with Crippen molar-refractivity contribution in [3.63, 3.8) is 0 Å². The first kappa shape index (κ1) is 10.2. The Bertz CT molecular complexity index is 136. The SMILES string of the molecule is CCNC(=O)NC(C)(C)CF. The maximum atomic E-state index is 12.1. The van der Waals surface area contributed by atoms with Crippen LogP contribution in [0.15, 0.2) is 0 Å². The van der Waals surface area contributed by atoms with Gasteiger partial charge in [-0.05, 0) is 20.8 Å². The van der Waals surface area contributed by atoms with Gasteiger partial charge in [-0.2, -0.15) is 0 Å². The van der Waals surface area contributed by atoms with Gasteiger partial charge in [0.05, 0.1) is 5.54 Å². The molecular formula is C7H15FN2O. The van der Waals surface area contributed by atoms with E-state index in [0.717, 1.165) is 0 Å². The molecule has 3 nitrogen and oxygen atoms in total. The Morgan fingerprint density at radius 2 is 2.09 bits per heavy atom. The number of amides is 2. The third kappa shape index (κ3) is 4.58. The Balaban J connectivity index is 3.74. The predicted octanol–water partition coefficient (Wildman–Crippen LogP) is 1.05. The van der Waals surface area contributed by atoms with Gasteiger partial charge in [-0.3, -0.25) is 0 Å². The summed E-state index contributed by atoms with van der Waals surface area (Å²) in [6, 6.07) is -0.324. The number of urea groups is 1. The van der Waals surface area contributed by atoms with Crippen molar-refractivity contribution in [2.45, 2.75) is 26.3 Å². The Labute approximate surface area is 66.4 Å². The number of hydrogen-bond donors (Lipinski definition) is 2. The molecule has 0 bridgehead atoms. The molecule has 0 saturated carbocycles. The third-order valence-electron chi connectivity index (χ3n) is 1.12. The van der Waals surface area contributed by atoms with E-state index in [1.807, 2.05) is 6.92 Å². The average Bonchev–Trinajstić information content (AvgIpc) is 1.87. The largest absolute Gasteiger partial charge is 0.338 e. The highest BCUT2D eigenvalue weighted by atomic mass is 19.1. The van der Waals surface area contributed by atoms with Crippen LogP contribution in [0.2, 0.25) is 0 Å².